The largest absolute Gasteiger partial charge is 0.296 e. The van der Waals surface area contributed by atoms with Crippen LogP contribution >= 0.6 is 11.5 Å². The monoisotopic (exact) mass is 279 g/mol. The summed E-state index contributed by atoms with van der Waals surface area (Å²) in [6.07, 6.45) is 0. The molecule has 0 saturated carbocycles. The van der Waals surface area contributed by atoms with E-state index in [1.807, 2.05) is 0 Å². The molecule has 100 valence electrons. The molecule has 1 amide bonds. The Morgan fingerprint density at radius 2 is 2.00 bits per heavy atom. The topological polar surface area (TPSA) is 89.8 Å². The van der Waals surface area contributed by atoms with Gasteiger partial charge < -0.3 is 0 Å². The van der Waals surface area contributed by atoms with Crippen molar-refractivity contribution < 1.29 is 4.79 Å². The molecule has 2 heterocycles. The highest BCUT2D eigenvalue weighted by molar-refractivity contribution is 7.09. The molecule has 0 saturated heterocycles. The summed E-state index contributed by atoms with van der Waals surface area (Å²) in [5.41, 5.74) is 0.868. The molecule has 0 bridgehead atoms. The summed E-state index contributed by atoms with van der Waals surface area (Å²) in [6, 6.07) is 0. The van der Waals surface area contributed by atoms with Crippen LogP contribution in [-0.4, -0.2) is 25.0 Å². The molecule has 0 aromatic carbocycles. The number of aryl methyl sites for hydroxylation is 3. The van der Waals surface area contributed by atoms with Crippen molar-refractivity contribution in [3.8, 4) is 0 Å². The van der Waals surface area contributed by atoms with Crippen LogP contribution in [0.1, 0.15) is 27.4 Å². The van der Waals surface area contributed by atoms with E-state index in [1.165, 1.54) is 7.05 Å². The van der Waals surface area contributed by atoms with Crippen molar-refractivity contribution in [3.05, 3.63) is 33.0 Å². The van der Waals surface area contributed by atoms with E-state index in [2.05, 4.69) is 19.8 Å². The first-order chi connectivity index (χ1) is 8.90. The molecular weight excluding hydrogens is 266 g/mol. The van der Waals surface area contributed by atoms with Gasteiger partial charge in [-0.3, -0.25) is 14.9 Å². The van der Waals surface area contributed by atoms with E-state index >= 15 is 0 Å². The highest BCUT2D eigenvalue weighted by atomic mass is 32.1. The van der Waals surface area contributed by atoms with Gasteiger partial charge >= 0.3 is 0 Å². The maximum Gasteiger partial charge on any atom is 0.279 e. The van der Waals surface area contributed by atoms with Gasteiger partial charge in [-0.1, -0.05) is 0 Å². The number of nitrogens with one attached hydrogen (secondary N) is 1. The quantitative estimate of drug-likeness (QED) is 0.878. The molecule has 2 aromatic rings. The zero-order chi connectivity index (χ0) is 14.2. The standard InChI is InChI=1S/C11H13N5O2S/c1-5-6(2)14-16(4)10(18)8(5)9(17)13-11-12-7(3)15-19-11/h1-4H3,(H,12,13,15,17). The minimum Gasteiger partial charge on any atom is -0.296 e. The molecule has 7 nitrogen and oxygen atoms in total. The molecule has 0 atom stereocenters. The Kier molecular flexibility index (Phi) is 3.43. The minimum absolute atomic E-state index is 0.0860. The van der Waals surface area contributed by atoms with Gasteiger partial charge in [0.1, 0.15) is 11.4 Å². The van der Waals surface area contributed by atoms with Gasteiger partial charge in [0, 0.05) is 18.6 Å². The average Bonchev–Trinajstić information content (AvgIpc) is 2.72. The van der Waals surface area contributed by atoms with Gasteiger partial charge in [0.15, 0.2) is 0 Å². The second-order valence-corrected chi connectivity index (χ2v) is 4.87. The number of amides is 1. The summed E-state index contributed by atoms with van der Waals surface area (Å²) >= 11 is 1.08. The van der Waals surface area contributed by atoms with Gasteiger partial charge in [0.05, 0.1) is 5.69 Å². The summed E-state index contributed by atoms with van der Waals surface area (Å²) in [5, 5.41) is 6.98. The Morgan fingerprint density at radius 3 is 2.58 bits per heavy atom. The van der Waals surface area contributed by atoms with E-state index in [0.717, 1.165) is 16.2 Å². The highest BCUT2D eigenvalue weighted by Gasteiger charge is 2.19. The predicted octanol–water partition coefficient (Wildman–Crippen LogP) is 0.809. The van der Waals surface area contributed by atoms with E-state index in [9.17, 15) is 9.59 Å². The Morgan fingerprint density at radius 1 is 1.32 bits per heavy atom. The number of anilines is 1. The van der Waals surface area contributed by atoms with Gasteiger partial charge in [0.2, 0.25) is 5.13 Å². The van der Waals surface area contributed by atoms with Crippen molar-refractivity contribution >= 4 is 22.6 Å². The number of carbonyl (C=O) groups excluding carboxylic acids is 1. The number of aromatic nitrogens is 4. The van der Waals surface area contributed by atoms with Crippen LogP contribution in [0.2, 0.25) is 0 Å². The molecule has 0 aliphatic rings. The normalized spacial score (nSPS) is 10.5. The molecule has 0 unspecified atom stereocenters. The fraction of sp³-hybridized carbons (Fsp3) is 0.364. The molecular formula is C11H13N5O2S. The van der Waals surface area contributed by atoms with E-state index in [1.54, 1.807) is 20.8 Å². The maximum absolute atomic E-state index is 12.2. The fourth-order valence-electron chi connectivity index (χ4n) is 1.62. The predicted molar refractivity (Wildman–Crippen MR) is 71.6 cm³/mol. The molecule has 0 aliphatic carbocycles. The number of rotatable bonds is 2. The third-order valence-electron chi connectivity index (χ3n) is 2.70. The van der Waals surface area contributed by atoms with Crippen LogP contribution in [0.15, 0.2) is 4.79 Å². The summed E-state index contributed by atoms with van der Waals surface area (Å²) < 4.78 is 5.12. The zero-order valence-electron chi connectivity index (χ0n) is 11.0. The van der Waals surface area contributed by atoms with E-state index < -0.39 is 11.5 Å². The molecule has 19 heavy (non-hydrogen) atoms. The first-order valence-corrected chi connectivity index (χ1v) is 6.33. The van der Waals surface area contributed by atoms with Gasteiger partial charge in [0.25, 0.3) is 11.5 Å². The molecule has 1 N–H and O–H groups in total. The lowest BCUT2D eigenvalue weighted by Crippen LogP contribution is -2.31. The van der Waals surface area contributed by atoms with E-state index in [0.29, 0.717) is 22.2 Å². The Labute approximate surface area is 113 Å². The number of hydrogen-bond donors (Lipinski definition) is 1. The van der Waals surface area contributed by atoms with Crippen molar-refractivity contribution in [3.63, 3.8) is 0 Å². The number of carbonyl (C=O) groups is 1. The summed E-state index contributed by atoms with van der Waals surface area (Å²) in [4.78, 5) is 28.2. The van der Waals surface area contributed by atoms with Gasteiger partial charge in [-0.15, -0.1) is 0 Å². The van der Waals surface area contributed by atoms with Gasteiger partial charge in [-0.05, 0) is 26.3 Å². The van der Waals surface area contributed by atoms with Crippen LogP contribution in [0.4, 0.5) is 5.13 Å². The first kappa shape index (κ1) is 13.3. The van der Waals surface area contributed by atoms with Gasteiger partial charge in [-0.2, -0.15) is 9.47 Å². The molecule has 2 rings (SSSR count). The average molecular weight is 279 g/mol. The van der Waals surface area contributed by atoms with Crippen LogP contribution in [0.5, 0.6) is 0 Å². The molecule has 8 heteroatoms. The van der Waals surface area contributed by atoms with Crippen molar-refractivity contribution in [1.82, 2.24) is 19.1 Å². The molecule has 0 aliphatic heterocycles. The molecule has 2 aromatic heterocycles. The Bertz CT molecular complexity index is 704. The zero-order valence-corrected chi connectivity index (χ0v) is 11.8. The van der Waals surface area contributed by atoms with E-state index in [-0.39, 0.29) is 5.56 Å². The lowest BCUT2D eigenvalue weighted by Gasteiger charge is -2.08. The molecule has 0 fully saturated rings. The third-order valence-corrected chi connectivity index (χ3v) is 3.42. The van der Waals surface area contributed by atoms with Crippen LogP contribution in [-0.2, 0) is 7.05 Å². The Balaban J connectivity index is 2.42. The second kappa shape index (κ2) is 4.88. The second-order valence-electron chi connectivity index (χ2n) is 4.12. The first-order valence-electron chi connectivity index (χ1n) is 5.56. The van der Waals surface area contributed by atoms with Crippen molar-refractivity contribution in [2.45, 2.75) is 20.8 Å². The van der Waals surface area contributed by atoms with Crippen LogP contribution in [0.3, 0.4) is 0 Å². The number of nitrogens with zero attached hydrogens (tertiary/aromatic N) is 4. The summed E-state index contributed by atoms with van der Waals surface area (Å²) in [5.74, 6) is 0.0931. The SMILES string of the molecule is Cc1nsc(NC(=O)c2c(C)c(C)nn(C)c2=O)n1. The van der Waals surface area contributed by atoms with Crippen molar-refractivity contribution in [2.75, 3.05) is 5.32 Å². The summed E-state index contributed by atoms with van der Waals surface area (Å²) in [6.45, 7) is 5.18. The highest BCUT2D eigenvalue weighted by Crippen LogP contribution is 2.13. The lowest BCUT2D eigenvalue weighted by atomic mass is 10.1. The smallest absolute Gasteiger partial charge is 0.279 e. The van der Waals surface area contributed by atoms with Crippen LogP contribution in [0.25, 0.3) is 0 Å². The fourth-order valence-corrected chi connectivity index (χ4v) is 2.19. The molecule has 0 spiro atoms. The summed E-state index contributed by atoms with van der Waals surface area (Å²) in [7, 11) is 1.51. The lowest BCUT2D eigenvalue weighted by molar-refractivity contribution is 0.102. The van der Waals surface area contributed by atoms with Crippen molar-refractivity contribution in [1.29, 1.82) is 0 Å². The molecule has 0 radical (unpaired) electrons. The number of hydrogen-bond acceptors (Lipinski definition) is 6. The van der Waals surface area contributed by atoms with Crippen LogP contribution < -0.4 is 10.9 Å². The maximum atomic E-state index is 12.2. The third kappa shape index (κ3) is 2.53. The minimum atomic E-state index is -0.486. The Hall–Kier alpha value is -2.09. The van der Waals surface area contributed by atoms with Crippen molar-refractivity contribution in [2.24, 2.45) is 7.05 Å². The van der Waals surface area contributed by atoms with Crippen LogP contribution in [0, 0.1) is 20.8 Å². The van der Waals surface area contributed by atoms with Gasteiger partial charge in [-0.25, -0.2) is 9.67 Å². The van der Waals surface area contributed by atoms with E-state index in [4.69, 9.17) is 0 Å².